The Hall–Kier alpha value is -2.64. The molecule has 0 radical (unpaired) electrons. The molecule has 164 valence electrons. The Kier molecular flexibility index (Phi) is 7.18. The number of hydrogen-bond acceptors (Lipinski definition) is 6. The van der Waals surface area contributed by atoms with Crippen LogP contribution in [0.15, 0.2) is 58.0 Å². The molecule has 3 rings (SSSR count). The van der Waals surface area contributed by atoms with E-state index in [0.29, 0.717) is 17.9 Å². The number of benzene rings is 2. The van der Waals surface area contributed by atoms with Gasteiger partial charge in [-0.15, -0.1) is 0 Å². The van der Waals surface area contributed by atoms with E-state index in [-0.39, 0.29) is 5.96 Å². The highest BCUT2D eigenvalue weighted by Gasteiger charge is 2.54. The van der Waals surface area contributed by atoms with E-state index < -0.39 is 24.0 Å². The maximum Gasteiger partial charge on any atom is 0.205 e. The van der Waals surface area contributed by atoms with Crippen molar-refractivity contribution in [1.29, 1.82) is 5.26 Å². The Labute approximate surface area is 190 Å². The zero-order chi connectivity index (χ0) is 22.6. The highest BCUT2D eigenvalue weighted by Crippen LogP contribution is 2.45. The van der Waals surface area contributed by atoms with Gasteiger partial charge in [0, 0.05) is 24.3 Å². The number of aliphatic hydroxyl groups excluding tert-OH is 1. The molecule has 0 aliphatic carbocycles. The predicted molar refractivity (Wildman–Crippen MR) is 119 cm³/mol. The van der Waals surface area contributed by atoms with Gasteiger partial charge in [-0.3, -0.25) is 0 Å². The molecule has 3 unspecified atom stereocenters. The second-order valence-electron chi connectivity index (χ2n) is 7.29. The van der Waals surface area contributed by atoms with Gasteiger partial charge < -0.3 is 25.1 Å². The minimum absolute atomic E-state index is 0.0167. The van der Waals surface area contributed by atoms with Crippen LogP contribution in [0.2, 0.25) is 0 Å². The van der Waals surface area contributed by atoms with Crippen LogP contribution in [0.1, 0.15) is 24.1 Å². The van der Waals surface area contributed by atoms with Gasteiger partial charge in [-0.25, -0.2) is 9.89 Å². The number of nitriles is 1. The molecule has 2 aromatic carbocycles. The van der Waals surface area contributed by atoms with Gasteiger partial charge in [0.2, 0.25) is 5.96 Å². The smallest absolute Gasteiger partial charge is 0.205 e. The van der Waals surface area contributed by atoms with Crippen molar-refractivity contribution >= 4 is 21.9 Å². The summed E-state index contributed by atoms with van der Waals surface area (Å²) in [5.41, 5.74) is 6.44. The quantitative estimate of drug-likeness (QED) is 0.211. The Balaban J connectivity index is 2.04. The number of ether oxygens (including phenoxy) is 3. The second-order valence-corrected chi connectivity index (χ2v) is 8.21. The molecule has 1 aliphatic heterocycles. The standard InChI is InChI=1S/C22H25BrN4O4/c1-22(20(29-2)30-3)19(28)18(16-11-15(23)9-10-17(16)31-22)27(13-24)21(25)26-12-14-7-5-4-6-8-14/h4-11,18-20,28H,12H2,1-3H3,(H2,25,26). The van der Waals surface area contributed by atoms with E-state index in [0.717, 1.165) is 10.0 Å². The fourth-order valence-electron chi connectivity index (χ4n) is 3.74. The molecule has 2 aromatic rings. The van der Waals surface area contributed by atoms with Gasteiger partial charge in [0.1, 0.15) is 17.9 Å². The monoisotopic (exact) mass is 488 g/mol. The molecule has 3 atom stereocenters. The molecule has 0 spiro atoms. The van der Waals surface area contributed by atoms with Crippen LogP contribution in [0, 0.1) is 11.5 Å². The summed E-state index contributed by atoms with van der Waals surface area (Å²) in [6, 6.07) is 14.0. The summed E-state index contributed by atoms with van der Waals surface area (Å²) in [6.07, 6.45) is -0.0540. The third kappa shape index (κ3) is 4.52. The Morgan fingerprint density at radius 2 is 2.00 bits per heavy atom. The van der Waals surface area contributed by atoms with Gasteiger partial charge in [-0.1, -0.05) is 46.3 Å². The van der Waals surface area contributed by atoms with Crippen molar-refractivity contribution in [3.8, 4) is 11.9 Å². The lowest BCUT2D eigenvalue weighted by atomic mass is 9.84. The van der Waals surface area contributed by atoms with Gasteiger partial charge in [0.05, 0.1) is 6.54 Å². The number of fused-ring (bicyclic) bond motifs is 1. The first-order chi connectivity index (χ1) is 14.8. The third-order valence-corrected chi connectivity index (χ3v) is 5.80. The average molecular weight is 489 g/mol. The van der Waals surface area contributed by atoms with Gasteiger partial charge >= 0.3 is 0 Å². The molecule has 1 aliphatic rings. The molecule has 9 heteroatoms. The van der Waals surface area contributed by atoms with Gasteiger partial charge in [0.15, 0.2) is 18.1 Å². The number of aliphatic hydroxyl groups is 1. The summed E-state index contributed by atoms with van der Waals surface area (Å²) < 4.78 is 17.7. The van der Waals surface area contributed by atoms with Crippen molar-refractivity contribution in [2.45, 2.75) is 37.5 Å². The predicted octanol–water partition coefficient (Wildman–Crippen LogP) is 2.92. The summed E-state index contributed by atoms with van der Waals surface area (Å²) >= 11 is 3.44. The van der Waals surface area contributed by atoms with E-state index in [1.807, 2.05) is 36.4 Å². The molecule has 31 heavy (non-hydrogen) atoms. The highest BCUT2D eigenvalue weighted by molar-refractivity contribution is 9.10. The highest BCUT2D eigenvalue weighted by atomic mass is 79.9. The van der Waals surface area contributed by atoms with Crippen LogP contribution in [0.25, 0.3) is 0 Å². The molecule has 0 bridgehead atoms. The number of halogens is 1. The Morgan fingerprint density at radius 1 is 1.32 bits per heavy atom. The van der Waals surface area contributed by atoms with Gasteiger partial charge in [0.25, 0.3) is 0 Å². The molecule has 1 heterocycles. The molecular weight excluding hydrogens is 464 g/mol. The van der Waals surface area contributed by atoms with Crippen LogP contribution in [0.3, 0.4) is 0 Å². The van der Waals surface area contributed by atoms with Crippen LogP contribution in [0.5, 0.6) is 5.75 Å². The van der Waals surface area contributed by atoms with E-state index in [1.54, 1.807) is 19.1 Å². The number of hydrogen-bond donors (Lipinski definition) is 2. The maximum absolute atomic E-state index is 11.4. The van der Waals surface area contributed by atoms with Crippen LogP contribution < -0.4 is 10.5 Å². The lowest BCUT2D eigenvalue weighted by Crippen LogP contribution is -2.62. The summed E-state index contributed by atoms with van der Waals surface area (Å²) in [6.45, 7) is 1.96. The topological polar surface area (TPSA) is 113 Å². The first kappa shape index (κ1) is 23.0. The lowest BCUT2D eigenvalue weighted by molar-refractivity contribution is -0.241. The average Bonchev–Trinajstić information content (AvgIpc) is 2.77. The van der Waals surface area contributed by atoms with Crippen molar-refractivity contribution in [1.82, 2.24) is 4.90 Å². The minimum Gasteiger partial charge on any atom is -0.479 e. The van der Waals surface area contributed by atoms with Gasteiger partial charge in [-0.05, 0) is 30.7 Å². The number of methoxy groups -OCH3 is 2. The fraction of sp³-hybridized carbons (Fsp3) is 0.364. The Morgan fingerprint density at radius 3 is 2.61 bits per heavy atom. The van der Waals surface area contributed by atoms with Crippen molar-refractivity contribution in [2.24, 2.45) is 10.7 Å². The first-order valence-corrected chi connectivity index (χ1v) is 10.4. The molecule has 0 aromatic heterocycles. The Bertz CT molecular complexity index is 977. The van der Waals surface area contributed by atoms with Crippen LogP contribution >= 0.6 is 15.9 Å². The lowest BCUT2D eigenvalue weighted by Gasteiger charge is -2.48. The zero-order valence-corrected chi connectivity index (χ0v) is 19.1. The molecule has 0 saturated carbocycles. The molecule has 0 fully saturated rings. The van der Waals surface area contributed by atoms with Crippen molar-refractivity contribution < 1.29 is 19.3 Å². The van der Waals surface area contributed by atoms with Crippen LogP contribution in [-0.2, 0) is 16.0 Å². The first-order valence-electron chi connectivity index (χ1n) is 9.60. The largest absolute Gasteiger partial charge is 0.479 e. The van der Waals surface area contributed by atoms with Crippen LogP contribution in [0.4, 0.5) is 0 Å². The second kappa shape index (κ2) is 9.66. The molecule has 0 amide bonds. The van der Waals surface area contributed by atoms with E-state index in [1.165, 1.54) is 19.1 Å². The van der Waals surface area contributed by atoms with Crippen LogP contribution in [-0.4, -0.2) is 48.2 Å². The van der Waals surface area contributed by atoms with Crippen molar-refractivity contribution in [3.05, 3.63) is 64.1 Å². The van der Waals surface area contributed by atoms with Gasteiger partial charge in [-0.2, -0.15) is 5.26 Å². The molecule has 8 nitrogen and oxygen atoms in total. The summed E-state index contributed by atoms with van der Waals surface area (Å²) in [5, 5.41) is 21.4. The SMILES string of the molecule is COC(OC)C1(C)Oc2ccc(Br)cc2C(N(C#N)C(N)=NCc2ccccc2)C1O. The van der Waals surface area contributed by atoms with E-state index in [9.17, 15) is 10.4 Å². The molecule has 3 N–H and O–H groups in total. The number of rotatable bonds is 6. The van der Waals surface area contributed by atoms with Crippen molar-refractivity contribution in [3.63, 3.8) is 0 Å². The summed E-state index contributed by atoms with van der Waals surface area (Å²) in [7, 11) is 2.92. The number of guanidine groups is 1. The molecule has 0 saturated heterocycles. The normalized spacial score (nSPS) is 23.1. The number of aliphatic imine (C=N–C) groups is 1. The summed E-state index contributed by atoms with van der Waals surface area (Å²) in [4.78, 5) is 5.57. The number of nitrogens with zero attached hydrogens (tertiary/aromatic N) is 3. The minimum atomic E-state index is -1.32. The summed E-state index contributed by atoms with van der Waals surface area (Å²) in [5.74, 6) is 0.466. The van der Waals surface area contributed by atoms with Crippen molar-refractivity contribution in [2.75, 3.05) is 14.2 Å². The zero-order valence-electron chi connectivity index (χ0n) is 17.5. The van der Waals surface area contributed by atoms with E-state index in [2.05, 4.69) is 27.1 Å². The van der Waals surface area contributed by atoms with E-state index in [4.69, 9.17) is 19.9 Å². The fourth-order valence-corrected chi connectivity index (χ4v) is 4.12. The molecular formula is C22H25BrN4O4. The van der Waals surface area contributed by atoms with E-state index >= 15 is 0 Å². The number of nitrogens with two attached hydrogens (primary N) is 1. The maximum atomic E-state index is 11.4. The third-order valence-electron chi connectivity index (χ3n) is 5.30.